The van der Waals surface area contributed by atoms with Crippen LogP contribution in [0.1, 0.15) is 46.6 Å². The Morgan fingerprint density at radius 3 is 2.21 bits per heavy atom. The summed E-state index contributed by atoms with van der Waals surface area (Å²) in [5, 5.41) is 18.8. The Kier molecular flexibility index (Phi) is 10.4. The molecule has 0 fully saturated rings. The van der Waals surface area contributed by atoms with Crippen LogP contribution in [0.3, 0.4) is 0 Å². The molecule has 184 valence electrons. The van der Waals surface area contributed by atoms with Crippen molar-refractivity contribution in [1.29, 1.82) is 0 Å². The van der Waals surface area contributed by atoms with Crippen molar-refractivity contribution < 1.29 is 23.7 Å². The molecule has 0 unspecified atom stereocenters. The molecule has 0 aliphatic rings. The van der Waals surface area contributed by atoms with Crippen LogP contribution in [0.2, 0.25) is 0 Å². The summed E-state index contributed by atoms with van der Waals surface area (Å²) in [6.45, 7) is 8.39. The first-order chi connectivity index (χ1) is 15.2. The maximum Gasteiger partial charge on any atom is 0.243 e. The molecule has 0 aliphatic carbocycles. The first kappa shape index (κ1) is 28.0. The SMILES string of the molecule is CNC(=O)[C@@H](Cc1cccc(F)c1)NC(=O)[C@@H](NC(=O)[C@H](CC(C)C)C[N+](=O)[O-])C(C)(C)C. The number of carbonyl (C=O) groups excluding carboxylic acids is 3. The molecule has 3 N–H and O–H groups in total. The predicted octanol–water partition coefficient (Wildman–Crippen LogP) is 2.07. The van der Waals surface area contributed by atoms with Crippen LogP contribution >= 0.6 is 0 Å². The lowest BCUT2D eigenvalue weighted by atomic mass is 9.85. The van der Waals surface area contributed by atoms with Gasteiger partial charge in [-0.1, -0.05) is 46.8 Å². The van der Waals surface area contributed by atoms with E-state index < -0.39 is 58.4 Å². The number of nitrogens with zero attached hydrogens (tertiary/aromatic N) is 1. The second kappa shape index (κ2) is 12.3. The number of amides is 3. The van der Waals surface area contributed by atoms with Gasteiger partial charge in [-0.15, -0.1) is 0 Å². The average Bonchev–Trinajstić information content (AvgIpc) is 2.68. The van der Waals surface area contributed by atoms with Gasteiger partial charge in [0.2, 0.25) is 24.3 Å². The van der Waals surface area contributed by atoms with Crippen molar-refractivity contribution in [3.8, 4) is 0 Å². The van der Waals surface area contributed by atoms with Gasteiger partial charge in [0.05, 0.1) is 0 Å². The smallest absolute Gasteiger partial charge is 0.243 e. The fourth-order valence-electron chi connectivity index (χ4n) is 3.49. The van der Waals surface area contributed by atoms with E-state index in [1.165, 1.54) is 25.2 Å². The Labute approximate surface area is 194 Å². The number of likely N-dealkylation sites (N-methyl/N-ethyl adjacent to an activating group) is 1. The summed E-state index contributed by atoms with van der Waals surface area (Å²) in [6.07, 6.45) is 0.344. The van der Waals surface area contributed by atoms with Crippen LogP contribution in [0.4, 0.5) is 4.39 Å². The Morgan fingerprint density at radius 2 is 1.73 bits per heavy atom. The molecule has 1 aromatic carbocycles. The molecule has 33 heavy (non-hydrogen) atoms. The van der Waals surface area contributed by atoms with Gasteiger partial charge in [0.1, 0.15) is 23.8 Å². The van der Waals surface area contributed by atoms with Crippen molar-refractivity contribution in [2.45, 2.75) is 59.5 Å². The minimum Gasteiger partial charge on any atom is -0.357 e. The van der Waals surface area contributed by atoms with Crippen LogP contribution in [-0.4, -0.2) is 48.3 Å². The largest absolute Gasteiger partial charge is 0.357 e. The molecule has 0 saturated carbocycles. The first-order valence-corrected chi connectivity index (χ1v) is 10.9. The molecular weight excluding hydrogens is 431 g/mol. The highest BCUT2D eigenvalue weighted by Gasteiger charge is 2.37. The average molecular weight is 467 g/mol. The van der Waals surface area contributed by atoms with E-state index in [0.717, 1.165) is 0 Å². The lowest BCUT2D eigenvalue weighted by molar-refractivity contribution is -0.486. The number of nitrogens with one attached hydrogen (secondary N) is 3. The van der Waals surface area contributed by atoms with Crippen molar-refractivity contribution in [1.82, 2.24) is 16.0 Å². The van der Waals surface area contributed by atoms with Crippen LogP contribution in [0.25, 0.3) is 0 Å². The van der Waals surface area contributed by atoms with E-state index in [9.17, 15) is 28.9 Å². The Balaban J connectivity index is 3.09. The highest BCUT2D eigenvalue weighted by atomic mass is 19.1. The van der Waals surface area contributed by atoms with E-state index >= 15 is 0 Å². The van der Waals surface area contributed by atoms with Crippen molar-refractivity contribution >= 4 is 17.7 Å². The molecule has 0 heterocycles. The fraction of sp³-hybridized carbons (Fsp3) is 0.609. The monoisotopic (exact) mass is 466 g/mol. The summed E-state index contributed by atoms with van der Waals surface area (Å²) >= 11 is 0. The summed E-state index contributed by atoms with van der Waals surface area (Å²) in [5.41, 5.74) is -0.230. The second-order valence-electron chi connectivity index (χ2n) is 9.66. The molecule has 10 heteroatoms. The van der Waals surface area contributed by atoms with E-state index in [-0.39, 0.29) is 12.3 Å². The zero-order valence-electron chi connectivity index (χ0n) is 20.1. The number of rotatable bonds is 11. The maximum absolute atomic E-state index is 13.6. The fourth-order valence-corrected chi connectivity index (χ4v) is 3.49. The number of nitro groups is 1. The summed E-state index contributed by atoms with van der Waals surface area (Å²) in [5.74, 6) is -2.97. The molecule has 0 aromatic heterocycles. The van der Waals surface area contributed by atoms with Gasteiger partial charge in [-0.2, -0.15) is 0 Å². The van der Waals surface area contributed by atoms with Gasteiger partial charge in [0.25, 0.3) is 0 Å². The van der Waals surface area contributed by atoms with Gasteiger partial charge in [-0.3, -0.25) is 24.5 Å². The number of hydrogen-bond donors (Lipinski definition) is 3. The topological polar surface area (TPSA) is 130 Å². The standard InChI is InChI=1S/C23H35FN4O5/c1-14(2)10-16(13-28(32)33)20(29)27-19(23(3,4)5)22(31)26-18(21(30)25-6)12-15-8-7-9-17(24)11-15/h7-9,11,14,16,18-19H,10,12-13H2,1-6H3,(H,25,30)(H,26,31)(H,27,29)/t16-,18-,19-/m1/s1. The molecule has 3 atom stereocenters. The van der Waals surface area contributed by atoms with Gasteiger partial charge < -0.3 is 16.0 Å². The summed E-state index contributed by atoms with van der Waals surface area (Å²) in [6, 6.07) is 3.65. The van der Waals surface area contributed by atoms with Crippen molar-refractivity contribution in [3.05, 3.63) is 45.8 Å². The lowest BCUT2D eigenvalue weighted by Gasteiger charge is -2.32. The Bertz CT molecular complexity index is 853. The van der Waals surface area contributed by atoms with Crippen LogP contribution in [0, 0.1) is 33.2 Å². The van der Waals surface area contributed by atoms with Crippen molar-refractivity contribution in [2.75, 3.05) is 13.6 Å². The van der Waals surface area contributed by atoms with Gasteiger partial charge in [0, 0.05) is 18.4 Å². The van der Waals surface area contributed by atoms with Gasteiger partial charge in [-0.25, -0.2) is 4.39 Å². The highest BCUT2D eigenvalue weighted by molar-refractivity contribution is 5.93. The quantitative estimate of drug-likeness (QED) is 0.339. The summed E-state index contributed by atoms with van der Waals surface area (Å²) in [7, 11) is 1.42. The third-order valence-corrected chi connectivity index (χ3v) is 5.12. The Morgan fingerprint density at radius 1 is 1.09 bits per heavy atom. The van der Waals surface area contributed by atoms with E-state index in [2.05, 4.69) is 16.0 Å². The van der Waals surface area contributed by atoms with Crippen molar-refractivity contribution in [2.24, 2.45) is 17.3 Å². The van der Waals surface area contributed by atoms with E-state index in [1.54, 1.807) is 26.8 Å². The number of carbonyl (C=O) groups is 3. The van der Waals surface area contributed by atoms with Gasteiger partial charge >= 0.3 is 0 Å². The molecule has 0 spiro atoms. The maximum atomic E-state index is 13.6. The zero-order valence-corrected chi connectivity index (χ0v) is 20.1. The molecule has 3 amide bonds. The molecule has 1 aromatic rings. The van der Waals surface area contributed by atoms with E-state index in [1.807, 2.05) is 13.8 Å². The molecule has 0 aliphatic heterocycles. The molecule has 1 rings (SSSR count). The molecule has 9 nitrogen and oxygen atoms in total. The zero-order chi connectivity index (χ0) is 25.3. The number of halogens is 1. The normalized spacial score (nSPS) is 14.2. The first-order valence-electron chi connectivity index (χ1n) is 10.9. The van der Waals surface area contributed by atoms with Crippen LogP contribution in [0.15, 0.2) is 24.3 Å². The minimum absolute atomic E-state index is 0.0469. The van der Waals surface area contributed by atoms with E-state index in [4.69, 9.17) is 0 Å². The third-order valence-electron chi connectivity index (χ3n) is 5.12. The second-order valence-corrected chi connectivity index (χ2v) is 9.66. The predicted molar refractivity (Wildman–Crippen MR) is 122 cm³/mol. The third kappa shape index (κ3) is 9.55. The van der Waals surface area contributed by atoms with E-state index in [0.29, 0.717) is 12.0 Å². The Hall–Kier alpha value is -3.04. The van der Waals surface area contributed by atoms with Gasteiger partial charge in [-0.05, 0) is 35.4 Å². The summed E-state index contributed by atoms with van der Waals surface area (Å²) < 4.78 is 13.6. The number of hydrogen-bond acceptors (Lipinski definition) is 5. The highest BCUT2D eigenvalue weighted by Crippen LogP contribution is 2.22. The van der Waals surface area contributed by atoms with Gasteiger partial charge in [0.15, 0.2) is 0 Å². The molecular formula is C23H35FN4O5. The van der Waals surface area contributed by atoms with Crippen molar-refractivity contribution in [3.63, 3.8) is 0 Å². The molecule has 0 saturated heterocycles. The van der Waals surface area contributed by atoms with Crippen LogP contribution in [0.5, 0.6) is 0 Å². The lowest BCUT2D eigenvalue weighted by Crippen LogP contribution is -2.59. The summed E-state index contributed by atoms with van der Waals surface area (Å²) in [4.78, 5) is 48.9. The molecule has 0 bridgehead atoms. The van der Waals surface area contributed by atoms with Crippen LogP contribution < -0.4 is 16.0 Å². The van der Waals surface area contributed by atoms with Crippen LogP contribution in [-0.2, 0) is 20.8 Å². The number of benzene rings is 1. The molecule has 0 radical (unpaired) electrons. The minimum atomic E-state index is -1.05.